The Labute approximate surface area is 71.1 Å². The first kappa shape index (κ1) is 6.66. The second-order valence-electron chi connectivity index (χ2n) is 4.03. The van der Waals surface area contributed by atoms with Gasteiger partial charge in [-0.2, -0.15) is 0 Å². The first-order chi connectivity index (χ1) is 5.83. The standard InChI is InChI=1S/C9H12N2O/c1-6-4-12-11-8(6)9-2-7(9)3-10-5-9/h4,7,10H,2-3,5H2,1H3. The van der Waals surface area contributed by atoms with E-state index in [2.05, 4.69) is 17.4 Å². The fraction of sp³-hybridized carbons (Fsp3) is 0.667. The van der Waals surface area contributed by atoms with Gasteiger partial charge in [-0.1, -0.05) is 5.16 Å². The summed E-state index contributed by atoms with van der Waals surface area (Å²) < 4.78 is 4.97. The van der Waals surface area contributed by atoms with Gasteiger partial charge < -0.3 is 9.84 Å². The van der Waals surface area contributed by atoms with Crippen LogP contribution in [-0.4, -0.2) is 18.2 Å². The molecule has 1 N–H and O–H groups in total. The lowest BCUT2D eigenvalue weighted by Gasteiger charge is -2.07. The maximum Gasteiger partial charge on any atom is 0.127 e. The van der Waals surface area contributed by atoms with Crippen LogP contribution in [-0.2, 0) is 5.41 Å². The van der Waals surface area contributed by atoms with Gasteiger partial charge in [-0.05, 0) is 25.8 Å². The number of nitrogens with zero attached hydrogens (tertiary/aromatic N) is 1. The van der Waals surface area contributed by atoms with Crippen molar-refractivity contribution in [3.63, 3.8) is 0 Å². The highest BCUT2D eigenvalue weighted by Crippen LogP contribution is 2.56. The Hall–Kier alpha value is -0.830. The lowest BCUT2D eigenvalue weighted by Crippen LogP contribution is -2.20. The van der Waals surface area contributed by atoms with Gasteiger partial charge >= 0.3 is 0 Å². The van der Waals surface area contributed by atoms with Crippen LogP contribution >= 0.6 is 0 Å². The molecule has 0 aromatic carbocycles. The van der Waals surface area contributed by atoms with Gasteiger partial charge in [0.25, 0.3) is 0 Å². The second kappa shape index (κ2) is 1.91. The normalized spacial score (nSPS) is 38.2. The Balaban J connectivity index is 2.04. The van der Waals surface area contributed by atoms with E-state index in [1.54, 1.807) is 6.26 Å². The molecule has 0 bridgehead atoms. The minimum Gasteiger partial charge on any atom is -0.364 e. The lowest BCUT2D eigenvalue weighted by molar-refractivity contribution is 0.402. The Morgan fingerprint density at radius 1 is 1.75 bits per heavy atom. The molecule has 0 radical (unpaired) electrons. The summed E-state index contributed by atoms with van der Waals surface area (Å²) in [5, 5.41) is 7.49. The van der Waals surface area contributed by atoms with E-state index in [9.17, 15) is 0 Å². The van der Waals surface area contributed by atoms with Crippen LogP contribution in [0.25, 0.3) is 0 Å². The summed E-state index contributed by atoms with van der Waals surface area (Å²) >= 11 is 0. The van der Waals surface area contributed by atoms with Gasteiger partial charge in [0, 0.05) is 17.5 Å². The molecular weight excluding hydrogens is 152 g/mol. The molecule has 1 saturated carbocycles. The third-order valence-electron chi connectivity index (χ3n) is 3.28. The highest BCUT2D eigenvalue weighted by atomic mass is 16.5. The molecule has 2 fully saturated rings. The molecule has 3 nitrogen and oxygen atoms in total. The van der Waals surface area contributed by atoms with Crippen LogP contribution in [0.2, 0.25) is 0 Å². The maximum absolute atomic E-state index is 4.97. The second-order valence-corrected chi connectivity index (χ2v) is 4.03. The Kier molecular flexibility index (Phi) is 1.06. The van der Waals surface area contributed by atoms with Gasteiger partial charge in [-0.3, -0.25) is 0 Å². The van der Waals surface area contributed by atoms with Gasteiger partial charge in [0.05, 0.1) is 5.69 Å². The van der Waals surface area contributed by atoms with Crippen molar-refractivity contribution in [2.24, 2.45) is 5.92 Å². The van der Waals surface area contributed by atoms with Gasteiger partial charge in [-0.15, -0.1) is 0 Å². The highest BCUT2D eigenvalue weighted by molar-refractivity contribution is 5.35. The summed E-state index contributed by atoms with van der Waals surface area (Å²) in [4.78, 5) is 0. The van der Waals surface area contributed by atoms with E-state index in [1.165, 1.54) is 17.7 Å². The SMILES string of the molecule is Cc1conc1C12CNCC1C2. The summed E-state index contributed by atoms with van der Waals surface area (Å²) in [7, 11) is 0. The van der Waals surface area contributed by atoms with Crippen molar-refractivity contribution < 1.29 is 4.52 Å². The molecule has 3 rings (SSSR count). The Morgan fingerprint density at radius 3 is 3.17 bits per heavy atom. The zero-order valence-electron chi connectivity index (χ0n) is 7.13. The third kappa shape index (κ3) is 0.630. The molecule has 1 aromatic heterocycles. The molecule has 1 aromatic rings. The molecule has 1 aliphatic carbocycles. The van der Waals surface area contributed by atoms with Crippen molar-refractivity contribution in [3.8, 4) is 0 Å². The topological polar surface area (TPSA) is 38.1 Å². The third-order valence-corrected chi connectivity index (χ3v) is 3.28. The number of fused-ring (bicyclic) bond motifs is 1. The maximum atomic E-state index is 4.97. The van der Waals surface area contributed by atoms with Crippen molar-refractivity contribution in [3.05, 3.63) is 17.5 Å². The van der Waals surface area contributed by atoms with Crippen LogP contribution in [0.4, 0.5) is 0 Å². The molecular formula is C9H12N2O. The fourth-order valence-corrected chi connectivity index (χ4v) is 2.48. The van der Waals surface area contributed by atoms with Crippen molar-refractivity contribution >= 4 is 0 Å². The zero-order chi connectivity index (χ0) is 8.18. The monoisotopic (exact) mass is 164 g/mol. The molecule has 0 amide bonds. The van der Waals surface area contributed by atoms with E-state index in [4.69, 9.17) is 4.52 Å². The summed E-state index contributed by atoms with van der Waals surface area (Å²) in [5.74, 6) is 0.821. The van der Waals surface area contributed by atoms with E-state index in [0.29, 0.717) is 5.41 Å². The number of aromatic nitrogens is 1. The summed E-state index contributed by atoms with van der Waals surface area (Å²) in [5.41, 5.74) is 2.76. The molecule has 1 aliphatic heterocycles. The van der Waals surface area contributed by atoms with E-state index < -0.39 is 0 Å². The predicted molar refractivity (Wildman–Crippen MR) is 43.9 cm³/mol. The molecule has 12 heavy (non-hydrogen) atoms. The molecule has 0 spiro atoms. The average molecular weight is 164 g/mol. The molecule has 3 heteroatoms. The largest absolute Gasteiger partial charge is 0.364 e. The molecule has 2 heterocycles. The Morgan fingerprint density at radius 2 is 2.67 bits per heavy atom. The fourth-order valence-electron chi connectivity index (χ4n) is 2.48. The summed E-state index contributed by atoms with van der Waals surface area (Å²) in [6.45, 7) is 4.33. The van der Waals surface area contributed by atoms with Crippen LogP contribution in [0.15, 0.2) is 10.8 Å². The molecule has 2 atom stereocenters. The first-order valence-corrected chi connectivity index (χ1v) is 4.45. The van der Waals surface area contributed by atoms with Crippen molar-refractivity contribution in [1.29, 1.82) is 0 Å². The van der Waals surface area contributed by atoms with Gasteiger partial charge in [0.2, 0.25) is 0 Å². The van der Waals surface area contributed by atoms with Crippen LogP contribution in [0, 0.1) is 12.8 Å². The average Bonchev–Trinajstić information content (AvgIpc) is 2.49. The Bertz CT molecular complexity index is 320. The number of hydrogen-bond donors (Lipinski definition) is 1. The van der Waals surface area contributed by atoms with Crippen LogP contribution < -0.4 is 5.32 Å². The van der Waals surface area contributed by atoms with Crippen LogP contribution in [0.1, 0.15) is 17.7 Å². The van der Waals surface area contributed by atoms with Gasteiger partial charge in [-0.25, -0.2) is 0 Å². The van der Waals surface area contributed by atoms with E-state index in [1.807, 2.05) is 0 Å². The summed E-state index contributed by atoms with van der Waals surface area (Å²) in [6.07, 6.45) is 3.05. The minimum atomic E-state index is 0.358. The molecule has 1 saturated heterocycles. The number of rotatable bonds is 1. The van der Waals surface area contributed by atoms with E-state index >= 15 is 0 Å². The molecule has 2 unspecified atom stereocenters. The summed E-state index contributed by atoms with van der Waals surface area (Å²) in [6, 6.07) is 0. The van der Waals surface area contributed by atoms with E-state index in [-0.39, 0.29) is 0 Å². The van der Waals surface area contributed by atoms with Crippen LogP contribution in [0.5, 0.6) is 0 Å². The van der Waals surface area contributed by atoms with Gasteiger partial charge in [0.1, 0.15) is 6.26 Å². The quantitative estimate of drug-likeness (QED) is 0.668. The smallest absolute Gasteiger partial charge is 0.127 e. The lowest BCUT2D eigenvalue weighted by atomic mass is 9.99. The number of hydrogen-bond acceptors (Lipinski definition) is 3. The van der Waals surface area contributed by atoms with Crippen molar-refractivity contribution in [1.82, 2.24) is 10.5 Å². The number of nitrogens with one attached hydrogen (secondary N) is 1. The van der Waals surface area contributed by atoms with Crippen molar-refractivity contribution in [2.75, 3.05) is 13.1 Å². The number of aryl methyl sites for hydroxylation is 1. The molecule has 2 aliphatic rings. The number of piperidine rings is 1. The molecule has 64 valence electrons. The zero-order valence-corrected chi connectivity index (χ0v) is 7.13. The predicted octanol–water partition coefficient (Wildman–Crippen LogP) is 0.844. The first-order valence-electron chi connectivity index (χ1n) is 4.45. The van der Waals surface area contributed by atoms with Crippen molar-refractivity contribution in [2.45, 2.75) is 18.8 Å². The highest BCUT2D eigenvalue weighted by Gasteiger charge is 2.60. The minimum absolute atomic E-state index is 0.358. The van der Waals surface area contributed by atoms with Gasteiger partial charge in [0.15, 0.2) is 0 Å². The van der Waals surface area contributed by atoms with Crippen LogP contribution in [0.3, 0.4) is 0 Å². The van der Waals surface area contributed by atoms with E-state index in [0.717, 1.165) is 19.0 Å².